The molecule has 2 aliphatic rings. The van der Waals surface area contributed by atoms with Crippen LogP contribution in [0.4, 0.5) is 0 Å². The van der Waals surface area contributed by atoms with E-state index in [9.17, 15) is 0 Å². The second-order valence-corrected chi connectivity index (χ2v) is 8.78. The molecule has 0 nitrogen and oxygen atoms in total. The number of rotatable bonds is 6. The predicted octanol–water partition coefficient (Wildman–Crippen LogP) is 5.01. The maximum absolute atomic E-state index is 4.20. The van der Waals surface area contributed by atoms with Crippen molar-refractivity contribution in [1.82, 2.24) is 0 Å². The van der Waals surface area contributed by atoms with Crippen LogP contribution < -0.4 is 0 Å². The summed E-state index contributed by atoms with van der Waals surface area (Å²) >= 11 is 0. The molecule has 2 rings (SSSR count). The van der Waals surface area contributed by atoms with Crippen LogP contribution in [-0.2, 0) is 0 Å². The van der Waals surface area contributed by atoms with Gasteiger partial charge in [0.05, 0.1) is 0 Å². The summed E-state index contributed by atoms with van der Waals surface area (Å²) in [7, 11) is 4.20. The first-order chi connectivity index (χ1) is 8.38. The Morgan fingerprint density at radius 2 is 1.67 bits per heavy atom. The molecule has 3 unspecified atom stereocenters. The van der Waals surface area contributed by atoms with Crippen molar-refractivity contribution >= 4 is 10.2 Å². The van der Waals surface area contributed by atoms with Gasteiger partial charge in [0.15, 0.2) is 0 Å². The maximum atomic E-state index is 4.20. The van der Waals surface area contributed by atoms with Crippen LogP contribution in [0, 0.1) is 29.6 Å². The van der Waals surface area contributed by atoms with Crippen molar-refractivity contribution in [1.29, 1.82) is 0 Å². The number of hydrogen-bond donors (Lipinski definition) is 0. The van der Waals surface area contributed by atoms with E-state index in [0.717, 1.165) is 29.6 Å². The van der Waals surface area contributed by atoms with Crippen molar-refractivity contribution in [3.8, 4) is 0 Å². The molecule has 0 aromatic heterocycles. The molecule has 0 aromatic rings. The summed E-state index contributed by atoms with van der Waals surface area (Å²) in [5.41, 5.74) is 0. The molecule has 3 radical (unpaired) electrons. The lowest BCUT2D eigenvalue weighted by atomic mass is 9.78. The van der Waals surface area contributed by atoms with E-state index in [4.69, 9.17) is 0 Å². The Labute approximate surface area is 117 Å². The Hall–Kier alpha value is -0.0431. The molecule has 18 heavy (non-hydrogen) atoms. The summed E-state index contributed by atoms with van der Waals surface area (Å²) in [5.74, 6) is 4.32. The minimum Gasteiger partial charge on any atom is -0.0851 e. The largest absolute Gasteiger partial charge is 0.0851 e. The third-order valence-corrected chi connectivity index (χ3v) is 5.28. The summed E-state index contributed by atoms with van der Waals surface area (Å²) in [6, 6.07) is 0. The van der Waals surface area contributed by atoms with Crippen LogP contribution in [0.1, 0.15) is 59.8 Å². The van der Waals surface area contributed by atoms with E-state index >= 15 is 0 Å². The van der Waals surface area contributed by atoms with Crippen LogP contribution in [0.15, 0.2) is 12.2 Å². The highest BCUT2D eigenvalue weighted by molar-refractivity contribution is 6.15. The lowest BCUT2D eigenvalue weighted by molar-refractivity contribution is 0.275. The van der Waals surface area contributed by atoms with Gasteiger partial charge in [0, 0.05) is 10.2 Å². The zero-order valence-corrected chi connectivity index (χ0v) is 13.6. The Morgan fingerprint density at radius 3 is 2.06 bits per heavy atom. The monoisotopic (exact) mass is 261 g/mol. The third kappa shape index (κ3) is 3.50. The van der Waals surface area contributed by atoms with Crippen molar-refractivity contribution in [2.45, 2.75) is 64.8 Å². The van der Waals surface area contributed by atoms with Crippen LogP contribution in [0.5, 0.6) is 0 Å². The topological polar surface area (TPSA) is 0 Å². The van der Waals surface area contributed by atoms with E-state index in [0.29, 0.717) is 5.04 Å². The summed E-state index contributed by atoms with van der Waals surface area (Å²) in [6.07, 6.45) is 11.9. The highest BCUT2D eigenvalue weighted by Crippen LogP contribution is 2.52. The van der Waals surface area contributed by atoms with E-state index in [2.05, 4.69) is 50.1 Å². The van der Waals surface area contributed by atoms with E-state index in [1.165, 1.54) is 32.1 Å². The average Bonchev–Trinajstić information content (AvgIpc) is 2.74. The number of fused-ring (bicyclic) bond motifs is 2. The van der Waals surface area contributed by atoms with E-state index < -0.39 is 0 Å². The van der Waals surface area contributed by atoms with Crippen molar-refractivity contribution in [2.75, 3.05) is 0 Å². The van der Waals surface area contributed by atoms with E-state index in [1.807, 2.05) is 0 Å². The zero-order chi connectivity index (χ0) is 13.3. The average molecular weight is 262 g/mol. The normalized spacial score (nSPS) is 30.9. The van der Waals surface area contributed by atoms with Gasteiger partial charge in [-0.05, 0) is 66.7 Å². The molecular weight excluding hydrogens is 232 g/mol. The Morgan fingerprint density at radius 1 is 1.06 bits per heavy atom. The van der Waals surface area contributed by atoms with Crippen molar-refractivity contribution < 1.29 is 0 Å². The summed E-state index contributed by atoms with van der Waals surface area (Å²) < 4.78 is 0. The van der Waals surface area contributed by atoms with Gasteiger partial charge < -0.3 is 0 Å². The fourth-order valence-corrected chi connectivity index (χ4v) is 5.52. The van der Waals surface area contributed by atoms with Crippen molar-refractivity contribution in [2.24, 2.45) is 29.6 Å². The molecule has 0 amide bonds. The van der Waals surface area contributed by atoms with E-state index in [-0.39, 0.29) is 0 Å². The minimum atomic E-state index is 0.380. The highest BCUT2D eigenvalue weighted by atomic mass is 28.1. The van der Waals surface area contributed by atoms with Gasteiger partial charge >= 0.3 is 0 Å². The Bertz CT molecular complexity index is 293. The second-order valence-electron chi connectivity index (χ2n) is 7.72. The first-order valence-electron chi connectivity index (χ1n) is 7.81. The quantitative estimate of drug-likeness (QED) is 0.466. The summed E-state index contributed by atoms with van der Waals surface area (Å²) in [5, 5.41) is 0.380. The minimum absolute atomic E-state index is 0.380. The molecule has 0 aliphatic heterocycles. The smallest absolute Gasteiger partial charge is 0.0313 e. The standard InChI is InChI=1S/C17H29Si/c1-12(2)9-17(18,10-13(3)4)11-16-8-14-5-6-15(16)7-14/h5-6,12-16H,7-11H2,1-4H3. The lowest BCUT2D eigenvalue weighted by Crippen LogP contribution is -2.23. The Kier molecular flexibility index (Phi) is 4.41. The van der Waals surface area contributed by atoms with Gasteiger partial charge in [0.1, 0.15) is 0 Å². The molecule has 1 saturated carbocycles. The van der Waals surface area contributed by atoms with Gasteiger partial charge in [-0.3, -0.25) is 0 Å². The second kappa shape index (κ2) is 5.52. The molecule has 1 fully saturated rings. The van der Waals surface area contributed by atoms with Crippen LogP contribution in [-0.4, -0.2) is 10.2 Å². The van der Waals surface area contributed by atoms with Crippen molar-refractivity contribution in [3.05, 3.63) is 12.2 Å². The fraction of sp³-hybridized carbons (Fsp3) is 0.882. The summed E-state index contributed by atoms with van der Waals surface area (Å²) in [6.45, 7) is 9.43. The van der Waals surface area contributed by atoms with Gasteiger partial charge in [-0.25, -0.2) is 0 Å². The summed E-state index contributed by atoms with van der Waals surface area (Å²) in [4.78, 5) is 0. The van der Waals surface area contributed by atoms with Gasteiger partial charge in [0.25, 0.3) is 0 Å². The fourth-order valence-electron chi connectivity index (χ4n) is 4.44. The molecule has 0 N–H and O–H groups in total. The maximum Gasteiger partial charge on any atom is 0.0313 e. The zero-order valence-electron chi connectivity index (χ0n) is 12.6. The SMILES string of the molecule is CC(C)CC([Si])(CC(C)C)CC1CC2C=CC1C2. The molecule has 2 bridgehead atoms. The van der Waals surface area contributed by atoms with Gasteiger partial charge in [-0.1, -0.05) is 39.8 Å². The lowest BCUT2D eigenvalue weighted by Gasteiger charge is -2.37. The molecule has 0 saturated heterocycles. The molecule has 0 heterocycles. The van der Waals surface area contributed by atoms with Gasteiger partial charge in [-0.15, -0.1) is 0 Å². The molecule has 1 heteroatoms. The van der Waals surface area contributed by atoms with Crippen LogP contribution in [0.3, 0.4) is 0 Å². The number of allylic oxidation sites excluding steroid dienone is 2. The molecule has 2 aliphatic carbocycles. The first kappa shape index (κ1) is 14.4. The van der Waals surface area contributed by atoms with Gasteiger partial charge in [-0.2, -0.15) is 0 Å². The van der Waals surface area contributed by atoms with Crippen molar-refractivity contribution in [3.63, 3.8) is 0 Å². The predicted molar refractivity (Wildman–Crippen MR) is 80.8 cm³/mol. The Balaban J connectivity index is 1.98. The molecule has 101 valence electrons. The molecule has 3 atom stereocenters. The van der Waals surface area contributed by atoms with Crippen LogP contribution >= 0.6 is 0 Å². The van der Waals surface area contributed by atoms with Gasteiger partial charge in [0.2, 0.25) is 0 Å². The molecular formula is C17H29Si. The highest BCUT2D eigenvalue weighted by Gasteiger charge is 2.39. The number of hydrogen-bond acceptors (Lipinski definition) is 0. The van der Waals surface area contributed by atoms with E-state index in [1.54, 1.807) is 0 Å². The van der Waals surface area contributed by atoms with Crippen LogP contribution in [0.25, 0.3) is 0 Å². The molecule has 0 aromatic carbocycles. The first-order valence-corrected chi connectivity index (χ1v) is 8.31. The third-order valence-electron chi connectivity index (χ3n) is 4.67. The van der Waals surface area contributed by atoms with Crippen LogP contribution in [0.2, 0.25) is 5.04 Å². The molecule has 0 spiro atoms.